The maximum absolute atomic E-state index is 2.44. The summed E-state index contributed by atoms with van der Waals surface area (Å²) in [5.41, 5.74) is 9.82. The number of thiophene rings is 1. The highest BCUT2D eigenvalue weighted by molar-refractivity contribution is 7.25. The molecule has 9 rings (SSSR count). The second-order valence-corrected chi connectivity index (χ2v) is 13.2. The molecule has 1 nitrogen and oxygen atoms in total. The summed E-state index contributed by atoms with van der Waals surface area (Å²) in [5, 5.41) is 5.15. The first kappa shape index (κ1) is 26.9. The van der Waals surface area contributed by atoms with Crippen molar-refractivity contribution in [1.29, 1.82) is 0 Å². The van der Waals surface area contributed by atoms with E-state index in [2.05, 4.69) is 175 Å². The van der Waals surface area contributed by atoms with E-state index in [1.165, 1.54) is 58.8 Å². The third-order valence-electron chi connectivity index (χ3n) is 9.33. The van der Waals surface area contributed by atoms with Crippen LogP contribution in [0.4, 0.5) is 17.1 Å². The molecular weight excluding hydrogens is 575 g/mol. The van der Waals surface area contributed by atoms with Crippen LogP contribution in [0, 0.1) is 5.92 Å². The number of hydrogen-bond acceptors (Lipinski definition) is 2. The highest BCUT2D eigenvalue weighted by Gasteiger charge is 2.21. The zero-order valence-corrected chi connectivity index (χ0v) is 26.1. The molecule has 0 radical (unpaired) electrons. The first-order chi connectivity index (χ1) is 22.8. The largest absolute Gasteiger partial charge is 0.310 e. The van der Waals surface area contributed by atoms with Gasteiger partial charge in [-0.25, -0.2) is 0 Å². The van der Waals surface area contributed by atoms with Gasteiger partial charge in [-0.05, 0) is 87.5 Å². The summed E-state index contributed by atoms with van der Waals surface area (Å²) in [6.45, 7) is 0. The van der Waals surface area contributed by atoms with Gasteiger partial charge < -0.3 is 4.90 Å². The molecule has 0 amide bonds. The highest BCUT2D eigenvalue weighted by atomic mass is 32.1. The van der Waals surface area contributed by atoms with Crippen LogP contribution < -0.4 is 4.90 Å². The minimum absolute atomic E-state index is 0.466. The Kier molecular flexibility index (Phi) is 6.54. The lowest BCUT2D eigenvalue weighted by molar-refractivity contribution is 0.783. The SMILES string of the molecule is C1=CC2=CC(c3cc(N(c4cccc(-c5ccccc5)c4)c4ccc5c(c4)sc4ccccc45)cc4ccccc34)=CCC2C=C1. The van der Waals surface area contributed by atoms with Gasteiger partial charge in [-0.3, -0.25) is 0 Å². The van der Waals surface area contributed by atoms with Crippen molar-refractivity contribution < 1.29 is 0 Å². The summed E-state index contributed by atoms with van der Waals surface area (Å²) < 4.78 is 2.62. The predicted octanol–water partition coefficient (Wildman–Crippen LogP) is 12.8. The Labute approximate surface area is 273 Å². The molecule has 2 heteroatoms. The maximum atomic E-state index is 2.44. The summed E-state index contributed by atoms with van der Waals surface area (Å²) in [6.07, 6.45) is 14.8. The van der Waals surface area contributed by atoms with Crippen molar-refractivity contribution in [1.82, 2.24) is 0 Å². The third-order valence-corrected chi connectivity index (χ3v) is 10.5. The van der Waals surface area contributed by atoms with Crippen LogP contribution in [0.15, 0.2) is 175 Å². The van der Waals surface area contributed by atoms with Crippen molar-refractivity contribution in [2.45, 2.75) is 6.42 Å². The second kappa shape index (κ2) is 11.2. The molecule has 0 saturated heterocycles. The van der Waals surface area contributed by atoms with Gasteiger partial charge >= 0.3 is 0 Å². The van der Waals surface area contributed by atoms with E-state index < -0.39 is 0 Å². The molecule has 0 saturated carbocycles. The first-order valence-electron chi connectivity index (χ1n) is 16.0. The lowest BCUT2D eigenvalue weighted by atomic mass is 9.83. The van der Waals surface area contributed by atoms with Crippen LogP contribution in [0.2, 0.25) is 0 Å². The number of anilines is 3. The van der Waals surface area contributed by atoms with E-state index in [1.54, 1.807) is 0 Å². The third kappa shape index (κ3) is 4.70. The molecule has 1 atom stereocenters. The highest BCUT2D eigenvalue weighted by Crippen LogP contribution is 2.44. The normalized spacial score (nSPS) is 15.6. The predicted molar refractivity (Wildman–Crippen MR) is 199 cm³/mol. The summed E-state index contributed by atoms with van der Waals surface area (Å²) in [7, 11) is 0. The van der Waals surface area contributed by atoms with Crippen molar-refractivity contribution in [3.8, 4) is 11.1 Å². The molecule has 1 heterocycles. The average Bonchev–Trinajstić information content (AvgIpc) is 3.50. The minimum atomic E-state index is 0.466. The van der Waals surface area contributed by atoms with E-state index in [1.807, 2.05) is 11.3 Å². The van der Waals surface area contributed by atoms with Gasteiger partial charge in [-0.2, -0.15) is 0 Å². The van der Waals surface area contributed by atoms with Crippen LogP contribution in [-0.4, -0.2) is 0 Å². The fourth-order valence-corrected chi connectivity index (χ4v) is 8.21. The van der Waals surface area contributed by atoms with E-state index in [0.717, 1.165) is 23.5 Å². The molecular formula is C44H31NS. The number of fused-ring (bicyclic) bond motifs is 5. The molecule has 218 valence electrons. The van der Waals surface area contributed by atoms with Crippen LogP contribution in [0.25, 0.3) is 47.6 Å². The Bertz CT molecular complexity index is 2400. The van der Waals surface area contributed by atoms with Crippen LogP contribution in [0.1, 0.15) is 12.0 Å². The fourth-order valence-electron chi connectivity index (χ4n) is 7.07. The summed E-state index contributed by atoms with van der Waals surface area (Å²) in [4.78, 5) is 2.44. The van der Waals surface area contributed by atoms with Gasteiger partial charge in [-0.15, -0.1) is 11.3 Å². The van der Waals surface area contributed by atoms with Gasteiger partial charge in [0.15, 0.2) is 0 Å². The van der Waals surface area contributed by atoms with Crippen molar-refractivity contribution in [2.24, 2.45) is 5.92 Å². The van der Waals surface area contributed by atoms with Crippen molar-refractivity contribution in [2.75, 3.05) is 4.90 Å². The zero-order valence-electron chi connectivity index (χ0n) is 25.3. The second-order valence-electron chi connectivity index (χ2n) is 12.1. The average molecular weight is 606 g/mol. The molecule has 0 fully saturated rings. The molecule has 0 N–H and O–H groups in total. The number of rotatable bonds is 5. The van der Waals surface area contributed by atoms with Gasteiger partial charge in [0, 0.05) is 43.2 Å². The number of nitrogens with zero attached hydrogens (tertiary/aromatic N) is 1. The van der Waals surface area contributed by atoms with Crippen LogP contribution in [-0.2, 0) is 0 Å². The smallest absolute Gasteiger partial charge is 0.0476 e. The molecule has 7 aromatic rings. The number of benzene rings is 6. The van der Waals surface area contributed by atoms with Gasteiger partial charge in [0.05, 0.1) is 0 Å². The number of allylic oxidation sites excluding steroid dienone is 8. The Hall–Kier alpha value is -5.44. The summed E-state index contributed by atoms with van der Waals surface area (Å²) >= 11 is 1.87. The Morgan fingerprint density at radius 2 is 1.35 bits per heavy atom. The standard InChI is InChI=1S/C44H31NS/c1-2-11-30(12-3-1)33-16-10-17-36(26-33)45(37-23-24-41-40-19-8-9-20-43(40)46-44(41)29-37)38-27-34-15-6-7-18-39(34)42(28-38)35-22-21-31-13-4-5-14-32(31)25-35/h1-20,22-29,31H,21H2. The van der Waals surface area contributed by atoms with Crippen molar-refractivity contribution >= 4 is 64.9 Å². The van der Waals surface area contributed by atoms with Gasteiger partial charge in [-0.1, -0.05) is 127 Å². The molecule has 6 aromatic carbocycles. The maximum Gasteiger partial charge on any atom is 0.0476 e. The van der Waals surface area contributed by atoms with Gasteiger partial charge in [0.2, 0.25) is 0 Å². The lowest BCUT2D eigenvalue weighted by Gasteiger charge is -2.28. The zero-order chi connectivity index (χ0) is 30.5. The quantitative estimate of drug-likeness (QED) is 0.189. The van der Waals surface area contributed by atoms with Crippen LogP contribution in [0.5, 0.6) is 0 Å². The monoisotopic (exact) mass is 605 g/mol. The molecule has 0 aliphatic heterocycles. The first-order valence-corrected chi connectivity index (χ1v) is 16.8. The lowest BCUT2D eigenvalue weighted by Crippen LogP contribution is -2.11. The molecule has 0 spiro atoms. The van der Waals surface area contributed by atoms with E-state index in [0.29, 0.717) is 5.92 Å². The van der Waals surface area contributed by atoms with Crippen LogP contribution >= 0.6 is 11.3 Å². The Morgan fingerprint density at radius 1 is 0.565 bits per heavy atom. The van der Waals surface area contributed by atoms with Gasteiger partial charge in [0.25, 0.3) is 0 Å². The van der Waals surface area contributed by atoms with Crippen molar-refractivity contribution in [3.05, 3.63) is 181 Å². The molecule has 2 aliphatic rings. The van der Waals surface area contributed by atoms with E-state index in [9.17, 15) is 0 Å². The van der Waals surface area contributed by atoms with E-state index >= 15 is 0 Å². The summed E-state index contributed by atoms with van der Waals surface area (Å²) in [6, 6.07) is 48.9. The summed E-state index contributed by atoms with van der Waals surface area (Å²) in [5.74, 6) is 0.466. The van der Waals surface area contributed by atoms with Gasteiger partial charge in [0.1, 0.15) is 0 Å². The molecule has 0 bridgehead atoms. The van der Waals surface area contributed by atoms with Crippen molar-refractivity contribution in [3.63, 3.8) is 0 Å². The molecule has 46 heavy (non-hydrogen) atoms. The Morgan fingerprint density at radius 3 is 2.28 bits per heavy atom. The fraction of sp³-hybridized carbons (Fsp3) is 0.0455. The van der Waals surface area contributed by atoms with Crippen LogP contribution in [0.3, 0.4) is 0 Å². The molecule has 1 aromatic heterocycles. The van der Waals surface area contributed by atoms with E-state index in [4.69, 9.17) is 0 Å². The Balaban J connectivity index is 1.26. The topological polar surface area (TPSA) is 3.24 Å². The molecule has 2 aliphatic carbocycles. The van der Waals surface area contributed by atoms with E-state index in [-0.39, 0.29) is 0 Å². The number of hydrogen-bond donors (Lipinski definition) is 0. The molecule has 1 unspecified atom stereocenters. The minimum Gasteiger partial charge on any atom is -0.310 e.